The number of hydrogen-bond donors (Lipinski definition) is 1. The molecule has 2 saturated heterocycles. The maximum atomic E-state index is 12.7. The van der Waals surface area contributed by atoms with E-state index in [1.165, 1.54) is 5.56 Å². The van der Waals surface area contributed by atoms with Crippen molar-refractivity contribution >= 4 is 11.8 Å². The number of piperazine rings is 1. The molecule has 27 heavy (non-hydrogen) atoms. The van der Waals surface area contributed by atoms with Gasteiger partial charge < -0.3 is 19.9 Å². The zero-order valence-electron chi connectivity index (χ0n) is 16.6. The molecule has 0 radical (unpaired) electrons. The Morgan fingerprint density at radius 3 is 2.07 bits per heavy atom. The van der Waals surface area contributed by atoms with Gasteiger partial charge in [-0.1, -0.05) is 26.0 Å². The lowest BCUT2D eigenvalue weighted by molar-refractivity contribution is -0.146. The van der Waals surface area contributed by atoms with Crippen LogP contribution in [0, 0.1) is 11.8 Å². The highest BCUT2D eigenvalue weighted by Crippen LogP contribution is 2.20. The fourth-order valence-corrected chi connectivity index (χ4v) is 3.62. The summed E-state index contributed by atoms with van der Waals surface area (Å²) in [6.07, 6.45) is 0.452. The van der Waals surface area contributed by atoms with Gasteiger partial charge in [0.25, 0.3) is 5.91 Å². The largest absolute Gasteiger partial charge is 0.481 e. The van der Waals surface area contributed by atoms with E-state index in [-0.39, 0.29) is 17.7 Å². The number of nitrogens with zero attached hydrogens (tertiary/aromatic N) is 2. The van der Waals surface area contributed by atoms with Crippen molar-refractivity contribution in [1.29, 1.82) is 0 Å². The summed E-state index contributed by atoms with van der Waals surface area (Å²) >= 11 is 0. The number of nitrogens with one attached hydrogen (secondary N) is 1. The Morgan fingerprint density at radius 1 is 1.04 bits per heavy atom. The van der Waals surface area contributed by atoms with Crippen LogP contribution in [0.3, 0.4) is 0 Å². The summed E-state index contributed by atoms with van der Waals surface area (Å²) in [6.45, 7) is 10.1. The van der Waals surface area contributed by atoms with Crippen LogP contribution in [0.15, 0.2) is 24.3 Å². The molecule has 2 unspecified atom stereocenters. The Balaban J connectivity index is 1.47. The van der Waals surface area contributed by atoms with E-state index < -0.39 is 6.10 Å². The molecule has 0 saturated carbocycles. The molecule has 0 aliphatic carbocycles. The minimum Gasteiger partial charge on any atom is -0.481 e. The maximum absolute atomic E-state index is 12.7. The normalized spacial score (nSPS) is 20.0. The number of hydrogen-bond acceptors (Lipinski definition) is 4. The van der Waals surface area contributed by atoms with Crippen LogP contribution in [0.4, 0.5) is 0 Å². The Morgan fingerprint density at radius 2 is 1.59 bits per heavy atom. The maximum Gasteiger partial charge on any atom is 0.263 e. The zero-order valence-corrected chi connectivity index (χ0v) is 16.6. The van der Waals surface area contributed by atoms with Crippen molar-refractivity contribution in [3.05, 3.63) is 29.8 Å². The first-order valence-corrected chi connectivity index (χ1v) is 10.0. The van der Waals surface area contributed by atoms with Crippen molar-refractivity contribution in [2.45, 2.75) is 33.3 Å². The standard InChI is InChI=1S/C21H31N3O3/c1-4-17-5-7-19(8-6-17)27-16(3)21(26)24-11-9-23(10-12-24)20(25)15(2)18-13-22-14-18/h5-8,15-16,18,22H,4,9-14H2,1-3H3. The molecule has 2 aliphatic rings. The second-order valence-electron chi connectivity index (χ2n) is 7.62. The van der Waals surface area contributed by atoms with Crippen LogP contribution < -0.4 is 10.1 Å². The van der Waals surface area contributed by atoms with E-state index in [1.54, 1.807) is 6.92 Å². The molecule has 2 amide bonds. The molecular formula is C21H31N3O3. The molecule has 1 N–H and O–H groups in total. The summed E-state index contributed by atoms with van der Waals surface area (Å²) in [5.41, 5.74) is 1.24. The van der Waals surface area contributed by atoms with Crippen LogP contribution >= 0.6 is 0 Å². The Bertz CT molecular complexity index is 649. The van der Waals surface area contributed by atoms with Gasteiger partial charge in [-0.15, -0.1) is 0 Å². The average molecular weight is 373 g/mol. The highest BCUT2D eigenvalue weighted by molar-refractivity contribution is 5.82. The van der Waals surface area contributed by atoms with E-state index in [0.29, 0.717) is 37.8 Å². The third-order valence-electron chi connectivity index (χ3n) is 5.80. The SMILES string of the molecule is CCc1ccc(OC(C)C(=O)N2CCN(C(=O)C(C)C3CNC3)CC2)cc1. The highest BCUT2D eigenvalue weighted by atomic mass is 16.5. The Hall–Kier alpha value is -2.08. The van der Waals surface area contributed by atoms with Gasteiger partial charge in [0, 0.05) is 32.1 Å². The molecule has 2 fully saturated rings. The number of rotatable bonds is 6. The van der Waals surface area contributed by atoms with Gasteiger partial charge in [-0.25, -0.2) is 0 Å². The summed E-state index contributed by atoms with van der Waals surface area (Å²) in [6, 6.07) is 7.87. The lowest BCUT2D eigenvalue weighted by Crippen LogP contribution is -2.56. The van der Waals surface area contributed by atoms with Crippen LogP contribution in [-0.2, 0) is 16.0 Å². The molecule has 2 atom stereocenters. The fourth-order valence-electron chi connectivity index (χ4n) is 3.62. The minimum atomic E-state index is -0.528. The second-order valence-corrected chi connectivity index (χ2v) is 7.62. The lowest BCUT2D eigenvalue weighted by atomic mass is 9.88. The van der Waals surface area contributed by atoms with E-state index in [4.69, 9.17) is 4.74 Å². The fraction of sp³-hybridized carbons (Fsp3) is 0.619. The molecule has 148 valence electrons. The quantitative estimate of drug-likeness (QED) is 0.822. The van der Waals surface area contributed by atoms with Crippen LogP contribution in [0.2, 0.25) is 0 Å². The number of benzene rings is 1. The predicted molar refractivity (Wildman–Crippen MR) is 105 cm³/mol. The van der Waals surface area contributed by atoms with Crippen molar-refractivity contribution in [1.82, 2.24) is 15.1 Å². The first kappa shape index (κ1) is 19.7. The van der Waals surface area contributed by atoms with E-state index >= 15 is 0 Å². The molecule has 2 aliphatic heterocycles. The van der Waals surface area contributed by atoms with Gasteiger partial charge >= 0.3 is 0 Å². The zero-order chi connectivity index (χ0) is 19.4. The van der Waals surface area contributed by atoms with E-state index in [9.17, 15) is 9.59 Å². The van der Waals surface area contributed by atoms with Crippen molar-refractivity contribution in [3.8, 4) is 5.75 Å². The van der Waals surface area contributed by atoms with Gasteiger partial charge in [-0.2, -0.15) is 0 Å². The van der Waals surface area contributed by atoms with Gasteiger partial charge in [0.05, 0.1) is 0 Å². The number of carbonyl (C=O) groups is 2. The molecule has 1 aromatic rings. The molecule has 0 spiro atoms. The van der Waals surface area contributed by atoms with Crippen molar-refractivity contribution in [2.75, 3.05) is 39.3 Å². The van der Waals surface area contributed by atoms with E-state index in [1.807, 2.05) is 41.0 Å². The van der Waals surface area contributed by atoms with Crippen molar-refractivity contribution < 1.29 is 14.3 Å². The van der Waals surface area contributed by atoms with Crippen LogP contribution in [-0.4, -0.2) is 67.0 Å². The molecule has 1 aromatic carbocycles. The van der Waals surface area contributed by atoms with Crippen molar-refractivity contribution in [3.63, 3.8) is 0 Å². The third kappa shape index (κ3) is 4.61. The minimum absolute atomic E-state index is 0.0158. The second kappa shape index (κ2) is 8.74. The first-order valence-electron chi connectivity index (χ1n) is 10.0. The number of aryl methyl sites for hydroxylation is 1. The van der Waals surface area contributed by atoms with Crippen LogP contribution in [0.25, 0.3) is 0 Å². The Labute approximate surface area is 161 Å². The highest BCUT2D eigenvalue weighted by Gasteiger charge is 2.34. The Kier molecular flexibility index (Phi) is 6.37. The summed E-state index contributed by atoms with van der Waals surface area (Å²) in [4.78, 5) is 29.0. The van der Waals surface area contributed by atoms with Gasteiger partial charge in [0.2, 0.25) is 5.91 Å². The van der Waals surface area contributed by atoms with Gasteiger partial charge in [-0.3, -0.25) is 9.59 Å². The average Bonchev–Trinajstić information content (AvgIpc) is 2.66. The summed E-state index contributed by atoms with van der Waals surface area (Å²) < 4.78 is 5.82. The smallest absolute Gasteiger partial charge is 0.263 e. The van der Waals surface area contributed by atoms with E-state index in [2.05, 4.69) is 12.2 Å². The first-order chi connectivity index (χ1) is 13.0. The molecular weight excluding hydrogens is 342 g/mol. The third-order valence-corrected chi connectivity index (χ3v) is 5.80. The van der Waals surface area contributed by atoms with Gasteiger partial charge in [-0.05, 0) is 50.0 Å². The molecule has 3 rings (SSSR count). The summed E-state index contributed by atoms with van der Waals surface area (Å²) in [5.74, 6) is 1.42. The summed E-state index contributed by atoms with van der Waals surface area (Å²) in [5, 5.41) is 3.22. The topological polar surface area (TPSA) is 61.9 Å². The summed E-state index contributed by atoms with van der Waals surface area (Å²) in [7, 11) is 0. The predicted octanol–water partition coefficient (Wildman–Crippen LogP) is 1.54. The molecule has 0 aromatic heterocycles. The molecule has 6 nitrogen and oxygen atoms in total. The number of ether oxygens (including phenoxy) is 1. The molecule has 0 bridgehead atoms. The van der Waals surface area contributed by atoms with Crippen LogP contribution in [0.5, 0.6) is 5.75 Å². The molecule has 2 heterocycles. The number of carbonyl (C=O) groups excluding carboxylic acids is 2. The van der Waals surface area contributed by atoms with E-state index in [0.717, 1.165) is 19.5 Å². The molecule has 6 heteroatoms. The van der Waals surface area contributed by atoms with Crippen LogP contribution in [0.1, 0.15) is 26.3 Å². The lowest BCUT2D eigenvalue weighted by Gasteiger charge is -2.39. The van der Waals surface area contributed by atoms with Gasteiger partial charge in [0.1, 0.15) is 5.75 Å². The number of amides is 2. The monoisotopic (exact) mass is 373 g/mol. The van der Waals surface area contributed by atoms with Crippen molar-refractivity contribution in [2.24, 2.45) is 11.8 Å². The van der Waals surface area contributed by atoms with Gasteiger partial charge in [0.15, 0.2) is 6.10 Å².